The Kier molecular flexibility index (Phi) is 8.10. The molecule has 0 saturated carbocycles. The molecule has 0 aliphatic rings. The Hall–Kier alpha value is -1.90. The van der Waals surface area contributed by atoms with E-state index < -0.39 is 0 Å². The zero-order chi connectivity index (χ0) is 15.5. The highest BCUT2D eigenvalue weighted by molar-refractivity contribution is 9.12. The van der Waals surface area contributed by atoms with E-state index in [0.717, 1.165) is 5.56 Å². The van der Waals surface area contributed by atoms with Gasteiger partial charge in [-0.2, -0.15) is 5.26 Å². The lowest BCUT2D eigenvalue weighted by atomic mass is 10.2. The molecule has 0 fully saturated rings. The molecular weight excluding hydrogens is 332 g/mol. The van der Waals surface area contributed by atoms with E-state index in [1.807, 2.05) is 42.5 Å². The van der Waals surface area contributed by atoms with Crippen LogP contribution in [0, 0.1) is 11.3 Å². The van der Waals surface area contributed by atoms with Crippen molar-refractivity contribution in [3.8, 4) is 6.07 Å². The molecule has 0 aliphatic heterocycles. The van der Waals surface area contributed by atoms with Crippen molar-refractivity contribution in [1.82, 2.24) is 5.32 Å². The Bertz CT molecular complexity index is 559. The number of carbonyl (C=O) groups is 1. The van der Waals surface area contributed by atoms with E-state index in [9.17, 15) is 4.79 Å². The summed E-state index contributed by atoms with van der Waals surface area (Å²) in [5.41, 5.74) is 1.05. The maximum Gasteiger partial charge on any atom is 0.261 e. The average molecular weight is 349 g/mol. The van der Waals surface area contributed by atoms with Crippen molar-refractivity contribution in [3.63, 3.8) is 0 Å². The molecule has 0 heterocycles. The topological polar surface area (TPSA) is 62.1 Å². The molecule has 110 valence electrons. The number of hydrogen-bond donors (Lipinski definition) is 1. The summed E-state index contributed by atoms with van der Waals surface area (Å²) < 4.78 is 5.56. The monoisotopic (exact) mass is 348 g/mol. The summed E-state index contributed by atoms with van der Waals surface area (Å²) in [6.07, 6.45) is 4.07. The quantitative estimate of drug-likeness (QED) is 0.356. The van der Waals surface area contributed by atoms with Gasteiger partial charge in [0.2, 0.25) is 0 Å². The number of ether oxygens (including phenoxy) is 1. The van der Waals surface area contributed by atoms with Crippen molar-refractivity contribution in [1.29, 1.82) is 5.26 Å². The molecule has 5 heteroatoms. The van der Waals surface area contributed by atoms with E-state index >= 15 is 0 Å². The number of halogens is 1. The molecule has 1 N–H and O–H groups in total. The average Bonchev–Trinajstić information content (AvgIpc) is 2.50. The number of hydrogen-bond acceptors (Lipinski definition) is 3. The second kappa shape index (κ2) is 9.92. The molecule has 0 radical (unpaired) electrons. The summed E-state index contributed by atoms with van der Waals surface area (Å²) in [5.74, 6) is -0.382. The maximum atomic E-state index is 11.8. The van der Waals surface area contributed by atoms with Crippen LogP contribution in [0.4, 0.5) is 0 Å². The van der Waals surface area contributed by atoms with E-state index in [2.05, 4.69) is 21.2 Å². The van der Waals surface area contributed by atoms with Gasteiger partial charge in [-0.05, 0) is 24.1 Å². The van der Waals surface area contributed by atoms with Gasteiger partial charge in [-0.15, -0.1) is 0 Å². The predicted molar refractivity (Wildman–Crippen MR) is 86.5 cm³/mol. The number of nitriles is 1. The third-order valence-corrected chi connectivity index (χ3v) is 3.02. The van der Waals surface area contributed by atoms with Crippen molar-refractivity contribution in [2.75, 3.05) is 20.3 Å². The minimum absolute atomic E-state index is 0.0615. The molecule has 0 aromatic heterocycles. The molecule has 1 amide bonds. The number of carbonyl (C=O) groups excluding carboxylic acids is 1. The smallest absolute Gasteiger partial charge is 0.261 e. The van der Waals surface area contributed by atoms with Gasteiger partial charge < -0.3 is 10.1 Å². The molecule has 1 aromatic rings. The fourth-order valence-corrected chi connectivity index (χ4v) is 2.04. The molecule has 1 aromatic carbocycles. The van der Waals surface area contributed by atoms with Gasteiger partial charge in [-0.1, -0.05) is 46.3 Å². The van der Waals surface area contributed by atoms with E-state index in [0.29, 0.717) is 24.1 Å². The second-order valence-corrected chi connectivity index (χ2v) is 5.13. The van der Waals surface area contributed by atoms with Crippen LogP contribution in [0.15, 0.2) is 46.5 Å². The Morgan fingerprint density at radius 2 is 2.14 bits per heavy atom. The summed E-state index contributed by atoms with van der Waals surface area (Å²) in [6, 6.07) is 11.5. The minimum atomic E-state index is -0.382. The fourth-order valence-electron chi connectivity index (χ4n) is 1.55. The number of benzene rings is 1. The second-order valence-electron chi connectivity index (χ2n) is 4.21. The Morgan fingerprint density at radius 1 is 1.43 bits per heavy atom. The molecule has 0 aliphatic carbocycles. The molecule has 0 saturated heterocycles. The number of rotatable bonds is 7. The lowest BCUT2D eigenvalue weighted by molar-refractivity contribution is -0.117. The summed E-state index contributed by atoms with van der Waals surface area (Å²) in [6.45, 7) is 1.05. The normalized spacial score (nSPS) is 11.9. The summed E-state index contributed by atoms with van der Waals surface area (Å²) in [4.78, 5) is 11.8. The summed E-state index contributed by atoms with van der Waals surface area (Å²) in [7, 11) is 1.61. The lowest BCUT2D eigenvalue weighted by Crippen LogP contribution is -2.26. The van der Waals surface area contributed by atoms with Gasteiger partial charge >= 0.3 is 0 Å². The van der Waals surface area contributed by atoms with Gasteiger partial charge in [0.25, 0.3) is 5.91 Å². The van der Waals surface area contributed by atoms with Crippen LogP contribution in [-0.4, -0.2) is 26.2 Å². The number of nitrogens with zero attached hydrogens (tertiary/aromatic N) is 1. The van der Waals surface area contributed by atoms with E-state index in [1.54, 1.807) is 7.11 Å². The van der Waals surface area contributed by atoms with Crippen molar-refractivity contribution in [3.05, 3.63) is 52.0 Å². The van der Waals surface area contributed by atoms with Gasteiger partial charge in [0, 0.05) is 24.7 Å². The Balaban J connectivity index is 2.68. The van der Waals surface area contributed by atoms with Crippen molar-refractivity contribution < 1.29 is 9.53 Å². The first kappa shape index (κ1) is 17.2. The number of allylic oxidation sites excluding steroid dienone is 2. The van der Waals surface area contributed by atoms with Gasteiger partial charge in [0.05, 0.1) is 0 Å². The predicted octanol–water partition coefficient (Wildman–Crippen LogP) is 3.03. The first-order chi connectivity index (χ1) is 10.2. The number of methoxy groups -OCH3 is 1. The third kappa shape index (κ3) is 6.89. The zero-order valence-electron chi connectivity index (χ0n) is 11.8. The van der Waals surface area contributed by atoms with E-state index in [-0.39, 0.29) is 11.5 Å². The number of amides is 1. The first-order valence-corrected chi connectivity index (χ1v) is 7.28. The van der Waals surface area contributed by atoms with Crippen molar-refractivity contribution in [2.45, 2.75) is 6.42 Å². The first-order valence-electron chi connectivity index (χ1n) is 6.48. The fraction of sp³-hybridized carbons (Fsp3) is 0.250. The van der Waals surface area contributed by atoms with Gasteiger partial charge in [-0.25, -0.2) is 0 Å². The SMILES string of the molecule is COCCCNC(=O)/C(C#N)=C/C(Br)=C/c1ccccc1. The highest BCUT2D eigenvalue weighted by atomic mass is 79.9. The standard InChI is InChI=1S/C16H17BrN2O2/c1-21-9-5-8-19-16(20)14(12-18)11-15(17)10-13-6-3-2-4-7-13/h2-4,6-7,10-11H,5,8-9H2,1H3,(H,19,20)/b14-11+,15-10-. The summed E-state index contributed by atoms with van der Waals surface area (Å²) in [5, 5.41) is 11.7. The minimum Gasteiger partial charge on any atom is -0.385 e. The van der Waals surface area contributed by atoms with Crippen LogP contribution in [0.1, 0.15) is 12.0 Å². The van der Waals surface area contributed by atoms with E-state index in [1.165, 1.54) is 6.08 Å². The van der Waals surface area contributed by atoms with Crippen LogP contribution < -0.4 is 5.32 Å². The van der Waals surface area contributed by atoms with Crippen LogP contribution in [0.25, 0.3) is 6.08 Å². The largest absolute Gasteiger partial charge is 0.385 e. The Labute approximate surface area is 133 Å². The van der Waals surface area contributed by atoms with Crippen LogP contribution in [-0.2, 0) is 9.53 Å². The third-order valence-electron chi connectivity index (χ3n) is 2.56. The van der Waals surface area contributed by atoms with E-state index in [4.69, 9.17) is 10.00 Å². The summed E-state index contributed by atoms with van der Waals surface area (Å²) >= 11 is 3.35. The van der Waals surface area contributed by atoms with Gasteiger partial charge in [-0.3, -0.25) is 4.79 Å². The molecular formula is C16H17BrN2O2. The van der Waals surface area contributed by atoms with Crippen LogP contribution in [0.3, 0.4) is 0 Å². The highest BCUT2D eigenvalue weighted by Gasteiger charge is 2.08. The Morgan fingerprint density at radius 3 is 2.76 bits per heavy atom. The zero-order valence-corrected chi connectivity index (χ0v) is 13.4. The van der Waals surface area contributed by atoms with Crippen molar-refractivity contribution >= 4 is 27.9 Å². The number of nitrogens with one attached hydrogen (secondary N) is 1. The van der Waals surface area contributed by atoms with Crippen LogP contribution in [0.2, 0.25) is 0 Å². The molecule has 1 rings (SSSR count). The molecule has 0 atom stereocenters. The molecule has 0 spiro atoms. The van der Waals surface area contributed by atoms with Gasteiger partial charge in [0.1, 0.15) is 11.6 Å². The van der Waals surface area contributed by atoms with Crippen molar-refractivity contribution in [2.24, 2.45) is 0 Å². The molecule has 21 heavy (non-hydrogen) atoms. The van der Waals surface area contributed by atoms with Gasteiger partial charge in [0.15, 0.2) is 0 Å². The highest BCUT2D eigenvalue weighted by Crippen LogP contribution is 2.15. The molecule has 4 nitrogen and oxygen atoms in total. The van der Waals surface area contributed by atoms with Crippen LogP contribution >= 0.6 is 15.9 Å². The van der Waals surface area contributed by atoms with Crippen LogP contribution in [0.5, 0.6) is 0 Å². The molecule has 0 unspecified atom stereocenters. The molecule has 0 bridgehead atoms. The maximum absolute atomic E-state index is 11.8. The lowest BCUT2D eigenvalue weighted by Gasteiger charge is -2.03.